The number of halogens is 2. The fourth-order valence-corrected chi connectivity index (χ4v) is 10.3. The summed E-state index contributed by atoms with van der Waals surface area (Å²) in [7, 11) is -5.36. The number of aromatic nitrogens is 3. The molecule has 1 atom stereocenters. The largest absolute Gasteiger partial charge is 0.373 e. The van der Waals surface area contributed by atoms with Gasteiger partial charge in [0.25, 0.3) is 0 Å². The van der Waals surface area contributed by atoms with E-state index < -0.39 is 25.7 Å². The van der Waals surface area contributed by atoms with Gasteiger partial charge in [0.05, 0.1) is 32.7 Å². The number of hydrogen-bond acceptors (Lipinski definition) is 14. The molecule has 14 nitrogen and oxygen atoms in total. The number of sulfonamides is 1. The van der Waals surface area contributed by atoms with E-state index in [-0.39, 0.29) is 38.0 Å². The minimum Gasteiger partial charge on any atom is -0.373 e. The fraction of sp³-hybridized carbons (Fsp3) is 0.586. The van der Waals surface area contributed by atoms with Gasteiger partial charge >= 0.3 is 6.01 Å². The molecule has 2 aliphatic rings. The Hall–Kier alpha value is -4.82. The fourth-order valence-electron chi connectivity index (χ4n) is 8.15. The van der Waals surface area contributed by atoms with Crippen molar-refractivity contribution in [3.63, 3.8) is 0 Å². The average molecular weight is 1130 g/mol. The lowest BCUT2D eigenvalue weighted by atomic mass is 9.84. The number of rotatable bonds is 8. The predicted octanol–water partition coefficient (Wildman–Crippen LogP) is 14.1. The molecule has 1 unspecified atom stereocenters. The van der Waals surface area contributed by atoms with Crippen LogP contribution in [0.3, 0.4) is 0 Å². The molecule has 428 valence electrons. The monoisotopic (exact) mass is 1130 g/mol. The molecule has 5 aromatic rings. The van der Waals surface area contributed by atoms with Crippen molar-refractivity contribution in [1.82, 2.24) is 19.8 Å². The van der Waals surface area contributed by atoms with Crippen molar-refractivity contribution in [2.75, 3.05) is 37.8 Å². The molecule has 0 saturated carbocycles. The molecule has 0 bridgehead atoms. The number of benzene rings is 3. The second kappa shape index (κ2) is 26.9. The van der Waals surface area contributed by atoms with Crippen molar-refractivity contribution in [3.05, 3.63) is 116 Å². The van der Waals surface area contributed by atoms with Crippen molar-refractivity contribution in [3.8, 4) is 0 Å². The molecular formula is C58H88F2N8O6S3. The van der Waals surface area contributed by atoms with Gasteiger partial charge < -0.3 is 14.2 Å². The Morgan fingerprint density at radius 1 is 0.740 bits per heavy atom. The summed E-state index contributed by atoms with van der Waals surface area (Å²) in [5.41, 5.74) is 6.53. The zero-order chi connectivity index (χ0) is 58.7. The molecule has 3 aromatic carbocycles. The molecule has 1 saturated heterocycles. The topological polar surface area (TPSA) is 182 Å². The normalized spacial score (nSPS) is 15.0. The summed E-state index contributed by atoms with van der Waals surface area (Å²) in [6.07, 6.45) is 5.68. The number of anilines is 1. The summed E-state index contributed by atoms with van der Waals surface area (Å²) in [5.74, 6) is 1.01. The third kappa shape index (κ3) is 21.1. The Kier molecular flexibility index (Phi) is 23.2. The number of hydrogen-bond donors (Lipinski definition) is 1. The molecule has 1 N–H and O–H groups in total. The molecule has 2 aliphatic heterocycles. The molecule has 0 amide bonds. The van der Waals surface area contributed by atoms with Crippen LogP contribution in [0.5, 0.6) is 0 Å². The number of thiazole rings is 1. The zero-order valence-electron chi connectivity index (χ0n) is 49.7. The highest BCUT2D eigenvalue weighted by Gasteiger charge is 2.30. The minimum absolute atomic E-state index is 0.0551. The molecule has 1 fully saturated rings. The molecule has 2 aromatic heterocycles. The van der Waals surface area contributed by atoms with E-state index in [1.807, 2.05) is 78.4 Å². The van der Waals surface area contributed by atoms with Gasteiger partial charge in [0.1, 0.15) is 18.2 Å². The lowest BCUT2D eigenvalue weighted by Crippen LogP contribution is -2.40. The summed E-state index contributed by atoms with van der Waals surface area (Å²) in [4.78, 5) is 12.4. The first kappa shape index (κ1) is 66.5. The molecule has 0 radical (unpaired) electrons. The maximum atomic E-state index is 13.9. The third-order valence-corrected chi connectivity index (χ3v) is 16.2. The summed E-state index contributed by atoms with van der Waals surface area (Å²) in [6, 6.07) is 15.2. The first-order chi connectivity index (χ1) is 35.1. The smallest absolute Gasteiger partial charge is 0.324 e. The Morgan fingerprint density at radius 2 is 1.27 bits per heavy atom. The van der Waals surface area contributed by atoms with E-state index >= 15 is 0 Å². The van der Waals surface area contributed by atoms with Crippen molar-refractivity contribution < 1.29 is 34.9 Å². The van der Waals surface area contributed by atoms with Crippen LogP contribution in [0, 0.1) is 24.5 Å². The Morgan fingerprint density at radius 3 is 1.66 bits per heavy atom. The van der Waals surface area contributed by atoms with Crippen LogP contribution in [0.1, 0.15) is 182 Å². The maximum absolute atomic E-state index is 13.9. The van der Waals surface area contributed by atoms with Crippen molar-refractivity contribution in [2.24, 2.45) is 21.4 Å². The Balaban J connectivity index is 0.000000258. The molecule has 77 heavy (non-hydrogen) atoms. The van der Waals surface area contributed by atoms with E-state index in [0.717, 1.165) is 54.7 Å². The second-order valence-corrected chi connectivity index (χ2v) is 29.7. The molecule has 0 aliphatic carbocycles. The highest BCUT2D eigenvalue weighted by molar-refractivity contribution is 7.90. The van der Waals surface area contributed by atoms with Gasteiger partial charge in [-0.25, -0.2) is 30.3 Å². The number of piperidine rings is 1. The van der Waals surface area contributed by atoms with Gasteiger partial charge in [-0.15, -0.1) is 16.4 Å². The van der Waals surface area contributed by atoms with Crippen molar-refractivity contribution in [1.29, 1.82) is 0 Å². The molecule has 4 heterocycles. The Bertz CT molecular complexity index is 2970. The number of nitrogens with one attached hydrogen (secondary N) is 1. The molecular weight excluding hydrogens is 1040 g/mol. The maximum Gasteiger partial charge on any atom is 0.324 e. The van der Waals surface area contributed by atoms with Gasteiger partial charge in [-0.05, 0) is 140 Å². The Labute approximate surface area is 464 Å². The quantitative estimate of drug-likeness (QED) is 0.157. The van der Waals surface area contributed by atoms with E-state index in [1.165, 1.54) is 41.9 Å². The summed E-state index contributed by atoms with van der Waals surface area (Å²) in [6.45, 7) is 41.5. The van der Waals surface area contributed by atoms with Gasteiger partial charge in [0.2, 0.25) is 10.0 Å². The van der Waals surface area contributed by atoms with Crippen molar-refractivity contribution in [2.45, 2.75) is 193 Å². The first-order valence-electron chi connectivity index (χ1n) is 26.1. The number of sulfone groups is 1. The molecule has 7 rings (SSSR count). The van der Waals surface area contributed by atoms with Crippen LogP contribution in [0.2, 0.25) is 0 Å². The van der Waals surface area contributed by atoms with Crippen molar-refractivity contribution >= 4 is 42.9 Å². The standard InChI is InChI=1S/C16H29N3O2.C12H14FN3.C12H18O2S.C11H16FNO2S.C7H11NS/c1-11(2)14-17-15(21-18-14)19-9-7-13(8-10-19)12(3)20-16(4,5)6;1-12(2,3)9-5-4-8(6-10(9)13)11-7-14-16-15-11;1-9-8-10(15(5,13)14)6-7-11(9)12(2,3)4;1-11(2,3)9-6-5-8(7-10(9)12)16(14,15)13-4;1-7(2,3)6-4-8-5-9-6/h11-13H,7-10H2,1-6H3;4-6H,7H2,1-3H3;6-8H,1-5H3;5-7,13H,1-4H3;4-5H,1-3H3. The van der Waals surface area contributed by atoms with Gasteiger partial charge in [-0.2, -0.15) is 10.1 Å². The van der Waals surface area contributed by atoms with Crippen LogP contribution in [-0.2, 0) is 46.3 Å². The summed E-state index contributed by atoms with van der Waals surface area (Å²) in [5, 5.41) is 15.2. The van der Waals surface area contributed by atoms with Crippen LogP contribution in [0.25, 0.3) is 0 Å². The third-order valence-electron chi connectivity index (χ3n) is 12.5. The van der Waals surface area contributed by atoms with Gasteiger partial charge in [0.15, 0.2) is 15.7 Å². The minimum atomic E-state index is -3.57. The second-order valence-electron chi connectivity index (χ2n) is 24.9. The van der Waals surface area contributed by atoms with E-state index in [1.54, 1.807) is 23.5 Å². The number of aryl methyl sites for hydroxylation is 1. The molecule has 0 spiro atoms. The van der Waals surface area contributed by atoms with Gasteiger partial charge in [-0.1, -0.05) is 126 Å². The van der Waals surface area contributed by atoms with E-state index in [4.69, 9.17) is 9.26 Å². The lowest BCUT2D eigenvalue weighted by molar-refractivity contribution is -0.0797. The van der Waals surface area contributed by atoms with Crippen LogP contribution < -0.4 is 9.62 Å². The number of nitrogens with zero attached hydrogens (tertiary/aromatic N) is 7. The SMILES string of the molecule is CC(C)(C)c1ccc(C2=NN=NC2)cc1F.CC(C)(C)c1cncs1.CC(C)c1noc(N2CCC(C(C)OC(C)(C)C)CC2)n1.CNS(=O)(=O)c1ccc(C(C)(C)C)c(F)c1.Cc1cc(S(C)(=O)=O)ccc1C(C)(C)C. The molecule has 19 heteroatoms. The zero-order valence-corrected chi connectivity index (χ0v) is 52.1. The highest BCUT2D eigenvalue weighted by atomic mass is 32.2. The van der Waals surface area contributed by atoms with Gasteiger partial charge in [0, 0.05) is 41.9 Å². The summed E-state index contributed by atoms with van der Waals surface area (Å²) >= 11 is 1.72. The van der Waals surface area contributed by atoms with Gasteiger partial charge in [-0.3, -0.25) is 4.98 Å². The van der Waals surface area contributed by atoms with Crippen LogP contribution >= 0.6 is 11.3 Å². The summed E-state index contributed by atoms with van der Waals surface area (Å²) < 4.78 is 86.8. The van der Waals surface area contributed by atoms with Crippen LogP contribution in [0.15, 0.2) is 96.1 Å². The van der Waals surface area contributed by atoms with Crippen LogP contribution in [0.4, 0.5) is 14.8 Å². The predicted molar refractivity (Wildman–Crippen MR) is 310 cm³/mol. The average Bonchev–Trinajstić information content (AvgIpc) is 4.13. The number of ether oxygens (including phenoxy) is 1. The van der Waals surface area contributed by atoms with Crippen LogP contribution in [-0.4, -0.2) is 82.3 Å². The van der Waals surface area contributed by atoms with E-state index in [0.29, 0.717) is 46.5 Å². The van der Waals surface area contributed by atoms with E-state index in [2.05, 4.69) is 123 Å². The van der Waals surface area contributed by atoms with E-state index in [9.17, 15) is 25.6 Å². The lowest BCUT2D eigenvalue weighted by Gasteiger charge is -2.36. The first-order valence-corrected chi connectivity index (χ1v) is 30.3. The highest BCUT2D eigenvalue weighted by Crippen LogP contribution is 2.31.